The molecule has 0 saturated heterocycles. The minimum absolute atomic E-state index is 0.249. The molecule has 0 unspecified atom stereocenters. The van der Waals surface area contributed by atoms with Gasteiger partial charge in [0.2, 0.25) is 0 Å². The number of nitrogens with two attached hydrogens (primary N) is 1. The largest absolute Gasteiger partial charge is 0.493 e. The Kier molecular flexibility index (Phi) is 6.07. The number of rotatable bonds is 7. The molecule has 4 nitrogen and oxygen atoms in total. The number of halogens is 1. The Hall–Kier alpha value is -1.98. The molecule has 0 aliphatic carbocycles. The zero-order chi connectivity index (χ0) is 16.8. The molecule has 2 aromatic rings. The van der Waals surface area contributed by atoms with Crippen LogP contribution < -0.4 is 19.9 Å². The lowest BCUT2D eigenvalue weighted by atomic mass is 10.2. The molecule has 0 heterocycles. The highest BCUT2D eigenvalue weighted by Crippen LogP contribution is 2.36. The molecule has 2 rings (SSSR count). The van der Waals surface area contributed by atoms with Gasteiger partial charge in [0.1, 0.15) is 24.0 Å². The second-order valence-corrected chi connectivity index (χ2v) is 5.71. The lowest BCUT2D eigenvalue weighted by molar-refractivity contribution is 0.211. The lowest BCUT2D eigenvalue weighted by Gasteiger charge is -2.14. The average molecular weight is 352 g/mol. The van der Waals surface area contributed by atoms with E-state index in [4.69, 9.17) is 43.8 Å². The molecule has 23 heavy (non-hydrogen) atoms. The number of benzene rings is 2. The number of methoxy groups -OCH3 is 1. The van der Waals surface area contributed by atoms with Crippen molar-refractivity contribution >= 4 is 28.8 Å². The van der Waals surface area contributed by atoms with Crippen molar-refractivity contribution in [3.05, 3.63) is 52.5 Å². The predicted molar refractivity (Wildman–Crippen MR) is 96.1 cm³/mol. The zero-order valence-electron chi connectivity index (χ0n) is 13.0. The molecule has 2 N–H and O–H groups in total. The van der Waals surface area contributed by atoms with Crippen molar-refractivity contribution < 1.29 is 14.2 Å². The summed E-state index contributed by atoms with van der Waals surface area (Å²) in [5.41, 5.74) is 7.42. The molecule has 0 saturated carbocycles. The fourth-order valence-electron chi connectivity index (χ4n) is 1.94. The van der Waals surface area contributed by atoms with E-state index in [2.05, 4.69) is 0 Å². The summed E-state index contributed by atoms with van der Waals surface area (Å²) in [6.45, 7) is 2.74. The zero-order valence-corrected chi connectivity index (χ0v) is 14.5. The fraction of sp³-hybridized carbons (Fsp3) is 0.235. The molecule has 6 heteroatoms. The van der Waals surface area contributed by atoms with E-state index in [1.807, 2.05) is 31.2 Å². The van der Waals surface area contributed by atoms with Gasteiger partial charge < -0.3 is 19.9 Å². The minimum Gasteiger partial charge on any atom is -0.493 e. The summed E-state index contributed by atoms with van der Waals surface area (Å²) in [7, 11) is 1.53. The van der Waals surface area contributed by atoms with E-state index in [0.29, 0.717) is 35.3 Å². The minimum atomic E-state index is 0.249. The Labute approximate surface area is 146 Å². The van der Waals surface area contributed by atoms with E-state index < -0.39 is 0 Å². The van der Waals surface area contributed by atoms with Gasteiger partial charge in [0.15, 0.2) is 11.5 Å². The summed E-state index contributed by atoms with van der Waals surface area (Å²) >= 11 is 11.2. The third-order valence-corrected chi connectivity index (χ3v) is 3.65. The van der Waals surface area contributed by atoms with E-state index >= 15 is 0 Å². The van der Waals surface area contributed by atoms with E-state index in [1.165, 1.54) is 12.7 Å². The van der Waals surface area contributed by atoms with Gasteiger partial charge >= 0.3 is 0 Å². The highest BCUT2D eigenvalue weighted by molar-refractivity contribution is 7.80. The van der Waals surface area contributed by atoms with Gasteiger partial charge in [-0.3, -0.25) is 0 Å². The molecule has 0 radical (unpaired) electrons. The molecule has 0 aliphatic heterocycles. The topological polar surface area (TPSA) is 53.7 Å². The van der Waals surface area contributed by atoms with Crippen LogP contribution in [0, 0.1) is 6.92 Å². The summed E-state index contributed by atoms with van der Waals surface area (Å²) in [5, 5.41) is 0.391. The quantitative estimate of drug-likeness (QED) is 0.608. The molecule has 2 aromatic carbocycles. The van der Waals surface area contributed by atoms with Gasteiger partial charge in [0, 0.05) is 5.56 Å². The number of hydrogen-bond donors (Lipinski definition) is 1. The van der Waals surface area contributed by atoms with Crippen LogP contribution in [-0.2, 0) is 0 Å². The van der Waals surface area contributed by atoms with Crippen LogP contribution in [0.25, 0.3) is 0 Å². The Morgan fingerprint density at radius 2 is 1.78 bits per heavy atom. The van der Waals surface area contributed by atoms with Crippen LogP contribution in [0.3, 0.4) is 0 Å². The van der Waals surface area contributed by atoms with Gasteiger partial charge in [-0.1, -0.05) is 41.5 Å². The van der Waals surface area contributed by atoms with Crippen molar-refractivity contribution in [2.24, 2.45) is 5.73 Å². The molecule has 0 fully saturated rings. The van der Waals surface area contributed by atoms with Crippen LogP contribution in [-0.4, -0.2) is 25.3 Å². The molecule has 122 valence electrons. The predicted octanol–water partition coefficient (Wildman–Crippen LogP) is 3.75. The second kappa shape index (κ2) is 8.04. The molecular weight excluding hydrogens is 334 g/mol. The smallest absolute Gasteiger partial charge is 0.179 e. The molecule has 0 amide bonds. The molecule has 0 aromatic heterocycles. The normalized spacial score (nSPS) is 10.2. The van der Waals surface area contributed by atoms with Gasteiger partial charge in [0.05, 0.1) is 12.1 Å². The van der Waals surface area contributed by atoms with Gasteiger partial charge in [-0.2, -0.15) is 0 Å². The van der Waals surface area contributed by atoms with Crippen LogP contribution in [0.5, 0.6) is 17.2 Å². The molecule has 0 atom stereocenters. The van der Waals surface area contributed by atoms with Gasteiger partial charge in [-0.25, -0.2) is 0 Å². The summed E-state index contributed by atoms with van der Waals surface area (Å²) in [6.07, 6.45) is 0. The maximum atomic E-state index is 6.21. The molecule has 0 bridgehead atoms. The van der Waals surface area contributed by atoms with E-state index in [9.17, 15) is 0 Å². The van der Waals surface area contributed by atoms with Crippen LogP contribution in [0.4, 0.5) is 0 Å². The third kappa shape index (κ3) is 4.74. The Morgan fingerprint density at radius 3 is 2.39 bits per heavy atom. The Balaban J connectivity index is 1.97. The summed E-state index contributed by atoms with van der Waals surface area (Å²) in [4.78, 5) is 0.249. The first-order valence-corrected chi connectivity index (χ1v) is 7.79. The Bertz CT molecular complexity index is 689. The van der Waals surface area contributed by atoms with Crippen molar-refractivity contribution in [2.75, 3.05) is 20.3 Å². The lowest BCUT2D eigenvalue weighted by Crippen LogP contribution is -2.12. The summed E-state index contributed by atoms with van der Waals surface area (Å²) in [5.74, 6) is 1.72. The first-order valence-electron chi connectivity index (χ1n) is 7.01. The van der Waals surface area contributed by atoms with E-state index in [1.54, 1.807) is 12.1 Å². The van der Waals surface area contributed by atoms with E-state index in [0.717, 1.165) is 5.75 Å². The van der Waals surface area contributed by atoms with Crippen LogP contribution in [0.2, 0.25) is 5.02 Å². The van der Waals surface area contributed by atoms with Gasteiger partial charge in [-0.15, -0.1) is 0 Å². The average Bonchev–Trinajstić information content (AvgIpc) is 2.53. The molecule has 0 spiro atoms. The van der Waals surface area contributed by atoms with Crippen molar-refractivity contribution in [3.8, 4) is 17.2 Å². The number of thiocarbonyl (C=S) groups is 1. The first-order chi connectivity index (χ1) is 11.0. The van der Waals surface area contributed by atoms with Crippen molar-refractivity contribution in [2.45, 2.75) is 6.92 Å². The Morgan fingerprint density at radius 1 is 1.13 bits per heavy atom. The van der Waals surface area contributed by atoms with Crippen molar-refractivity contribution in [1.82, 2.24) is 0 Å². The number of ether oxygens (including phenoxy) is 3. The standard InChI is InChI=1S/C17H18ClNO3S/c1-11-3-5-13(6-4-11)21-7-8-22-16-14(18)9-12(17(19)23)10-15(16)20-2/h3-6,9-10H,7-8H2,1-2H3,(H2,19,23). The van der Waals surface area contributed by atoms with Gasteiger partial charge in [0.25, 0.3) is 0 Å². The number of hydrogen-bond acceptors (Lipinski definition) is 4. The van der Waals surface area contributed by atoms with E-state index in [-0.39, 0.29) is 4.99 Å². The third-order valence-electron chi connectivity index (χ3n) is 3.13. The fourth-order valence-corrected chi connectivity index (χ4v) is 2.32. The highest BCUT2D eigenvalue weighted by Gasteiger charge is 2.13. The van der Waals surface area contributed by atoms with Crippen LogP contribution in [0.1, 0.15) is 11.1 Å². The maximum absolute atomic E-state index is 6.21. The molecule has 0 aliphatic rings. The van der Waals surface area contributed by atoms with Gasteiger partial charge in [-0.05, 0) is 31.2 Å². The second-order valence-electron chi connectivity index (χ2n) is 4.86. The molecular formula is C17H18ClNO3S. The van der Waals surface area contributed by atoms with Crippen LogP contribution >= 0.6 is 23.8 Å². The summed E-state index contributed by atoms with van der Waals surface area (Å²) < 4.78 is 16.6. The van der Waals surface area contributed by atoms with Crippen LogP contribution in [0.15, 0.2) is 36.4 Å². The highest BCUT2D eigenvalue weighted by atomic mass is 35.5. The SMILES string of the molecule is COc1cc(C(N)=S)cc(Cl)c1OCCOc1ccc(C)cc1. The maximum Gasteiger partial charge on any atom is 0.179 e. The number of aryl methyl sites for hydroxylation is 1. The monoisotopic (exact) mass is 351 g/mol. The van der Waals surface area contributed by atoms with Crippen molar-refractivity contribution in [1.29, 1.82) is 0 Å². The van der Waals surface area contributed by atoms with Crippen molar-refractivity contribution in [3.63, 3.8) is 0 Å². The summed E-state index contributed by atoms with van der Waals surface area (Å²) in [6, 6.07) is 11.2. The first kappa shape index (κ1) is 17.4.